The Kier molecular flexibility index (Phi) is 5.29. The van der Waals surface area contributed by atoms with Crippen molar-refractivity contribution in [1.29, 1.82) is 0 Å². The summed E-state index contributed by atoms with van der Waals surface area (Å²) < 4.78 is 11.0. The third-order valence-corrected chi connectivity index (χ3v) is 9.72. The fraction of sp³-hybridized carbons (Fsp3) is 0.0714. The van der Waals surface area contributed by atoms with Crippen LogP contribution in [0.15, 0.2) is 138 Å². The number of allylic oxidation sites excluding steroid dienone is 1. The molecule has 5 aromatic carbocycles. The number of benzene rings is 5. The van der Waals surface area contributed by atoms with Gasteiger partial charge in [-0.25, -0.2) is 4.98 Å². The van der Waals surface area contributed by atoms with E-state index in [1.165, 1.54) is 44.2 Å². The molecular formula is C42H29N3O. The van der Waals surface area contributed by atoms with Crippen molar-refractivity contribution < 1.29 is 4.42 Å². The van der Waals surface area contributed by atoms with Crippen LogP contribution in [-0.4, -0.2) is 14.1 Å². The van der Waals surface area contributed by atoms with Gasteiger partial charge in [-0.1, -0.05) is 85.8 Å². The number of pyridine rings is 1. The van der Waals surface area contributed by atoms with Gasteiger partial charge >= 0.3 is 0 Å². The molecule has 4 aromatic heterocycles. The van der Waals surface area contributed by atoms with Crippen molar-refractivity contribution in [2.75, 3.05) is 0 Å². The van der Waals surface area contributed by atoms with E-state index in [4.69, 9.17) is 9.40 Å². The van der Waals surface area contributed by atoms with E-state index in [-0.39, 0.29) is 0 Å². The van der Waals surface area contributed by atoms with Crippen LogP contribution in [0.5, 0.6) is 0 Å². The van der Waals surface area contributed by atoms with Gasteiger partial charge in [0.15, 0.2) is 0 Å². The zero-order valence-corrected chi connectivity index (χ0v) is 25.3. The number of furan rings is 1. The Labute approximate surface area is 265 Å². The Bertz CT molecular complexity index is 2690. The summed E-state index contributed by atoms with van der Waals surface area (Å²) >= 11 is 0. The summed E-state index contributed by atoms with van der Waals surface area (Å²) in [5, 5.41) is 5.87. The lowest BCUT2D eigenvalue weighted by Gasteiger charge is -2.16. The van der Waals surface area contributed by atoms with E-state index in [9.17, 15) is 0 Å². The van der Waals surface area contributed by atoms with Crippen molar-refractivity contribution in [1.82, 2.24) is 14.1 Å². The van der Waals surface area contributed by atoms with Crippen LogP contribution < -0.4 is 0 Å². The van der Waals surface area contributed by atoms with Gasteiger partial charge in [0.1, 0.15) is 5.58 Å². The molecule has 1 unspecified atom stereocenters. The van der Waals surface area contributed by atoms with E-state index in [2.05, 4.69) is 143 Å². The third kappa shape index (κ3) is 3.64. The lowest BCUT2D eigenvalue weighted by Crippen LogP contribution is -2.05. The molecule has 4 heterocycles. The first-order valence-corrected chi connectivity index (χ1v) is 15.9. The second-order valence-corrected chi connectivity index (χ2v) is 12.5. The molecule has 1 atom stereocenters. The van der Waals surface area contributed by atoms with Gasteiger partial charge in [-0.05, 0) is 83.6 Å². The smallest absolute Gasteiger partial charge is 0.227 e. The highest BCUT2D eigenvalue weighted by molar-refractivity contribution is 6.11. The van der Waals surface area contributed by atoms with E-state index in [0.29, 0.717) is 11.6 Å². The largest absolute Gasteiger partial charge is 0.438 e. The average Bonchev–Trinajstić information content (AvgIpc) is 3.75. The molecule has 0 spiro atoms. The first-order chi connectivity index (χ1) is 22.7. The molecule has 4 heteroatoms. The minimum Gasteiger partial charge on any atom is -0.438 e. The minimum atomic E-state index is 0.537. The Balaban J connectivity index is 1.19. The van der Waals surface area contributed by atoms with Crippen molar-refractivity contribution in [3.05, 3.63) is 145 Å². The van der Waals surface area contributed by atoms with Crippen molar-refractivity contribution >= 4 is 60.9 Å². The number of para-hydroxylation sites is 2. The maximum Gasteiger partial charge on any atom is 0.227 e. The topological polar surface area (TPSA) is 35.9 Å². The molecule has 0 amide bonds. The molecule has 46 heavy (non-hydrogen) atoms. The van der Waals surface area contributed by atoms with Crippen LogP contribution in [-0.2, 0) is 6.42 Å². The molecule has 0 fully saturated rings. The normalized spacial score (nSPS) is 14.7. The molecule has 9 aromatic rings. The van der Waals surface area contributed by atoms with E-state index >= 15 is 0 Å². The Morgan fingerprint density at radius 2 is 1.35 bits per heavy atom. The van der Waals surface area contributed by atoms with Gasteiger partial charge < -0.3 is 13.6 Å². The average molecular weight is 592 g/mol. The predicted molar refractivity (Wildman–Crippen MR) is 190 cm³/mol. The van der Waals surface area contributed by atoms with Gasteiger partial charge in [0, 0.05) is 32.9 Å². The van der Waals surface area contributed by atoms with Gasteiger partial charge in [-0.15, -0.1) is 0 Å². The second-order valence-electron chi connectivity index (χ2n) is 12.5. The van der Waals surface area contributed by atoms with Crippen molar-refractivity contribution in [2.45, 2.75) is 13.3 Å². The standard InChI is InChI=1S/C42H29N3O/c1-26-15-18-39-33(21-26)31-11-5-7-13-37(31)44(39)29-17-19-40-34(23-29)32-12-6-8-14-38(32)45(40)30-24-36-35-22-28(27-9-3-2-4-10-27)16-20-41(35)46-42(36)43-25-30/h2-20,22-26H,21H2,1H3. The van der Waals surface area contributed by atoms with Crippen molar-refractivity contribution in [2.24, 2.45) is 5.92 Å². The zero-order chi connectivity index (χ0) is 30.4. The summed E-state index contributed by atoms with van der Waals surface area (Å²) in [6.45, 7) is 2.30. The van der Waals surface area contributed by atoms with Crippen LogP contribution in [0, 0.1) is 5.92 Å². The van der Waals surface area contributed by atoms with Crippen molar-refractivity contribution in [3.63, 3.8) is 0 Å². The molecule has 4 nitrogen and oxygen atoms in total. The summed E-state index contributed by atoms with van der Waals surface area (Å²) in [6.07, 6.45) is 7.65. The molecular weight excluding hydrogens is 562 g/mol. The second kappa shape index (κ2) is 9.56. The number of nitrogens with zero attached hydrogens (tertiary/aromatic N) is 3. The predicted octanol–water partition coefficient (Wildman–Crippen LogP) is 10.9. The maximum absolute atomic E-state index is 6.21. The van der Waals surface area contributed by atoms with Gasteiger partial charge in [0.2, 0.25) is 5.71 Å². The number of rotatable bonds is 3. The third-order valence-electron chi connectivity index (χ3n) is 9.72. The summed E-state index contributed by atoms with van der Waals surface area (Å²) in [4.78, 5) is 4.84. The highest BCUT2D eigenvalue weighted by Gasteiger charge is 2.22. The maximum atomic E-state index is 6.21. The molecule has 10 rings (SSSR count). The highest BCUT2D eigenvalue weighted by Crippen LogP contribution is 2.39. The molecule has 0 bridgehead atoms. The van der Waals surface area contributed by atoms with E-state index < -0.39 is 0 Å². The van der Waals surface area contributed by atoms with Gasteiger partial charge in [-0.2, -0.15) is 0 Å². The molecule has 1 aliphatic rings. The lowest BCUT2D eigenvalue weighted by atomic mass is 9.93. The molecule has 218 valence electrons. The van der Waals surface area contributed by atoms with Crippen LogP contribution in [0.3, 0.4) is 0 Å². The van der Waals surface area contributed by atoms with Crippen molar-refractivity contribution in [3.8, 4) is 22.5 Å². The molecule has 0 radical (unpaired) electrons. The van der Waals surface area contributed by atoms with Crippen LogP contribution in [0.4, 0.5) is 0 Å². The quantitative estimate of drug-likeness (QED) is 0.205. The lowest BCUT2D eigenvalue weighted by molar-refractivity contribution is 0.654. The van der Waals surface area contributed by atoms with Gasteiger partial charge in [0.05, 0.1) is 33.8 Å². The van der Waals surface area contributed by atoms with Crippen LogP contribution >= 0.6 is 0 Å². The molecule has 0 N–H and O–H groups in total. The number of fused-ring (bicyclic) bond motifs is 9. The Hall–Kier alpha value is -5.87. The monoisotopic (exact) mass is 591 g/mol. The molecule has 1 aliphatic carbocycles. The molecule has 0 saturated heterocycles. The number of hydrogen-bond acceptors (Lipinski definition) is 2. The van der Waals surface area contributed by atoms with Gasteiger partial charge in [-0.3, -0.25) is 0 Å². The SMILES string of the molecule is CC1C=Cc2c(c3ccccc3n2-c2ccc3c(c2)c2ccccc2n3-c2cnc3oc4ccc(-c5ccccc5)cc4c3c2)C1. The van der Waals surface area contributed by atoms with Crippen LogP contribution in [0.25, 0.3) is 83.4 Å². The minimum absolute atomic E-state index is 0.537. The fourth-order valence-corrected chi connectivity index (χ4v) is 7.60. The van der Waals surface area contributed by atoms with E-state index in [1.54, 1.807) is 0 Å². The highest BCUT2D eigenvalue weighted by atomic mass is 16.3. The number of hydrogen-bond donors (Lipinski definition) is 0. The van der Waals surface area contributed by atoms with Crippen LogP contribution in [0.2, 0.25) is 0 Å². The molecule has 0 aliphatic heterocycles. The molecule has 0 saturated carbocycles. The Morgan fingerprint density at radius 3 is 2.22 bits per heavy atom. The first-order valence-electron chi connectivity index (χ1n) is 15.9. The van der Waals surface area contributed by atoms with E-state index in [0.717, 1.165) is 45.1 Å². The van der Waals surface area contributed by atoms with Gasteiger partial charge in [0.25, 0.3) is 0 Å². The fourth-order valence-electron chi connectivity index (χ4n) is 7.60. The summed E-state index contributed by atoms with van der Waals surface area (Å²) in [7, 11) is 0. The number of aromatic nitrogens is 3. The first kappa shape index (κ1) is 25.5. The van der Waals surface area contributed by atoms with Crippen LogP contribution in [0.1, 0.15) is 18.2 Å². The summed E-state index contributed by atoms with van der Waals surface area (Å²) in [5.41, 5.74) is 12.3. The summed E-state index contributed by atoms with van der Waals surface area (Å²) in [6, 6.07) is 43.5. The Morgan fingerprint density at radius 1 is 0.609 bits per heavy atom. The summed E-state index contributed by atoms with van der Waals surface area (Å²) in [5.74, 6) is 0.537. The zero-order valence-electron chi connectivity index (χ0n) is 25.3. The van der Waals surface area contributed by atoms with E-state index in [1.807, 2.05) is 12.3 Å².